The van der Waals surface area contributed by atoms with Gasteiger partial charge in [0.25, 0.3) is 0 Å². The molecule has 0 N–H and O–H groups in total. The van der Waals surface area contributed by atoms with E-state index in [1.807, 2.05) is 25.1 Å². The number of carbonyl (C=O) groups is 2. The Bertz CT molecular complexity index is 736. The molecule has 0 bridgehead atoms. The van der Waals surface area contributed by atoms with Gasteiger partial charge in [0.15, 0.2) is 21.3 Å². The van der Waals surface area contributed by atoms with Crippen molar-refractivity contribution in [2.45, 2.75) is 45.8 Å². The molecule has 0 spiro atoms. The zero-order valence-corrected chi connectivity index (χ0v) is 17.5. The van der Waals surface area contributed by atoms with Gasteiger partial charge in [-0.05, 0) is 12.8 Å². The Morgan fingerprint density at radius 1 is 0.923 bits per heavy atom. The van der Waals surface area contributed by atoms with E-state index in [1.54, 1.807) is 36.4 Å². The average Bonchev–Trinajstić information content (AvgIpc) is 2.68. The van der Waals surface area contributed by atoms with Gasteiger partial charge >= 0.3 is 0 Å². The maximum Gasteiger partial charge on any atom is 0.193 e. The summed E-state index contributed by atoms with van der Waals surface area (Å²) in [6.45, 7) is 8.17. The summed E-state index contributed by atoms with van der Waals surface area (Å²) in [5.41, 5.74) is 1.05. The number of hydrogen-bond acceptors (Lipinski definition) is 3. The van der Waals surface area contributed by atoms with Crippen LogP contribution in [0.25, 0.3) is 0 Å². The molecule has 4 heteroatoms. The summed E-state index contributed by atoms with van der Waals surface area (Å²) in [6.07, 6.45) is 1.80. The van der Waals surface area contributed by atoms with Gasteiger partial charge in [-0.2, -0.15) is 0 Å². The van der Waals surface area contributed by atoms with Gasteiger partial charge in [-0.1, -0.05) is 87.8 Å². The molecule has 0 fully saturated rings. The van der Waals surface area contributed by atoms with Crippen LogP contribution in [0.2, 0.25) is 6.55 Å². The van der Waals surface area contributed by atoms with Crippen molar-refractivity contribution in [3.05, 3.63) is 71.3 Å². The summed E-state index contributed by atoms with van der Waals surface area (Å²) in [5, 5.41) is 0. The third-order valence-electron chi connectivity index (χ3n) is 5.10. The Balaban J connectivity index is 2.28. The minimum Gasteiger partial charge on any atom is -0.411 e. The van der Waals surface area contributed by atoms with Crippen molar-refractivity contribution in [1.82, 2.24) is 0 Å². The lowest BCUT2D eigenvalue weighted by Gasteiger charge is -2.36. The smallest absolute Gasteiger partial charge is 0.193 e. The van der Waals surface area contributed by atoms with Gasteiger partial charge in [-0.25, -0.2) is 0 Å². The highest BCUT2D eigenvalue weighted by Gasteiger charge is 2.40. The van der Waals surface area contributed by atoms with Crippen molar-refractivity contribution in [3.63, 3.8) is 0 Å². The van der Waals surface area contributed by atoms with E-state index < -0.39 is 15.4 Å². The number of hydrogen-bond donors (Lipinski definition) is 0. The van der Waals surface area contributed by atoms with Gasteiger partial charge in [0.1, 0.15) is 5.60 Å². The van der Waals surface area contributed by atoms with Gasteiger partial charge < -0.3 is 4.43 Å². The van der Waals surface area contributed by atoms with Gasteiger partial charge in [0.2, 0.25) is 0 Å². The second-order valence-electron chi connectivity index (χ2n) is 6.66. The maximum atomic E-state index is 13.2. The Hall–Kier alpha value is -2.04. The Morgan fingerprint density at radius 3 is 1.92 bits per heavy atom. The van der Waals surface area contributed by atoms with E-state index in [1.165, 1.54) is 0 Å². The van der Waals surface area contributed by atoms with Crippen LogP contribution in [0.5, 0.6) is 0 Å². The molecule has 138 valence electrons. The van der Waals surface area contributed by atoms with E-state index in [2.05, 4.69) is 20.4 Å². The first-order chi connectivity index (χ1) is 12.5. The number of Topliss-reactive ketones (excluding diaryl/α,β-unsaturated/α-hetero) is 1. The highest BCUT2D eigenvalue weighted by Crippen LogP contribution is 2.31. The topological polar surface area (TPSA) is 43.4 Å². The highest BCUT2D eigenvalue weighted by molar-refractivity contribution is 6.26. The zero-order chi connectivity index (χ0) is 19.2. The van der Waals surface area contributed by atoms with Crippen molar-refractivity contribution in [2.75, 3.05) is 0 Å². The summed E-state index contributed by atoms with van der Waals surface area (Å²) >= 11 is 0. The van der Waals surface area contributed by atoms with Crippen molar-refractivity contribution < 1.29 is 14.0 Å². The van der Waals surface area contributed by atoms with E-state index in [9.17, 15) is 9.59 Å². The van der Waals surface area contributed by atoms with E-state index in [-0.39, 0.29) is 17.5 Å². The van der Waals surface area contributed by atoms with E-state index in [0.717, 1.165) is 12.8 Å². The van der Waals surface area contributed by atoms with Crippen LogP contribution in [-0.4, -0.2) is 26.9 Å². The fourth-order valence-corrected chi connectivity index (χ4v) is 4.52. The molecule has 0 amide bonds. The Morgan fingerprint density at radius 2 is 1.42 bits per heavy atom. The first-order valence-corrected chi connectivity index (χ1v) is 11.4. The molecule has 0 radical (unpaired) electrons. The molecule has 1 unspecified atom stereocenters. The standard InChI is InChI=1S/C22H28O3Si/c1-5-19(6-2)22(3,25-26-4)21(24)18-14-12-17(13-15-18)20(23)16-10-8-7-9-11-16/h7-15,19H,5-6,26H2,1-4H3. The number of rotatable bonds is 9. The SMILES string of the molecule is CCC(CC)C(C)(O[SiH2]C)C(=O)c1ccc(C(=O)c2ccccc2)cc1. The van der Waals surface area contributed by atoms with Gasteiger partial charge in [-0.3, -0.25) is 9.59 Å². The average molecular weight is 369 g/mol. The van der Waals surface area contributed by atoms with Crippen LogP contribution < -0.4 is 0 Å². The van der Waals surface area contributed by atoms with Crippen LogP contribution in [0.4, 0.5) is 0 Å². The van der Waals surface area contributed by atoms with Crippen LogP contribution >= 0.6 is 0 Å². The second kappa shape index (κ2) is 9.06. The molecule has 0 aromatic heterocycles. The molecule has 0 saturated heterocycles. The zero-order valence-electron chi connectivity index (χ0n) is 16.1. The quantitative estimate of drug-likeness (QED) is 0.485. The summed E-state index contributed by atoms with van der Waals surface area (Å²) < 4.78 is 6.06. The molecule has 2 rings (SSSR count). The molecule has 2 aromatic rings. The molecule has 1 atom stereocenters. The molecular weight excluding hydrogens is 340 g/mol. The minimum atomic E-state index is -0.782. The molecule has 0 saturated carbocycles. The van der Waals surface area contributed by atoms with Crippen LogP contribution in [0.15, 0.2) is 54.6 Å². The summed E-state index contributed by atoms with van der Waals surface area (Å²) in [4.78, 5) is 25.7. The van der Waals surface area contributed by atoms with E-state index in [0.29, 0.717) is 16.7 Å². The third kappa shape index (κ3) is 4.19. The maximum absolute atomic E-state index is 13.2. The van der Waals surface area contributed by atoms with Gasteiger partial charge in [0, 0.05) is 16.7 Å². The lowest BCUT2D eigenvalue weighted by molar-refractivity contribution is 0.0240. The second-order valence-corrected chi connectivity index (χ2v) is 7.52. The van der Waals surface area contributed by atoms with Crippen LogP contribution in [-0.2, 0) is 4.43 Å². The molecule has 0 heterocycles. The molecule has 0 aliphatic heterocycles. The fourth-order valence-electron chi connectivity index (χ4n) is 3.55. The normalized spacial score (nSPS) is 13.9. The minimum absolute atomic E-state index is 0.0132. The van der Waals surface area contributed by atoms with Gasteiger partial charge in [0.05, 0.1) is 0 Å². The number of benzene rings is 2. The number of ketones is 2. The largest absolute Gasteiger partial charge is 0.411 e. The molecule has 2 aromatic carbocycles. The lowest BCUT2D eigenvalue weighted by atomic mass is 9.79. The molecule has 26 heavy (non-hydrogen) atoms. The summed E-state index contributed by atoms with van der Waals surface area (Å²) in [5.74, 6) is 0.164. The first-order valence-electron chi connectivity index (χ1n) is 9.36. The lowest BCUT2D eigenvalue weighted by Crippen LogP contribution is -2.46. The summed E-state index contributed by atoms with van der Waals surface area (Å²) in [6, 6.07) is 16.1. The van der Waals surface area contributed by atoms with Crippen molar-refractivity contribution in [1.29, 1.82) is 0 Å². The monoisotopic (exact) mass is 368 g/mol. The Kier molecular flexibility index (Phi) is 7.06. The van der Waals surface area contributed by atoms with Crippen molar-refractivity contribution in [3.8, 4) is 0 Å². The van der Waals surface area contributed by atoms with Crippen molar-refractivity contribution in [2.24, 2.45) is 5.92 Å². The molecule has 0 aliphatic rings. The number of carbonyl (C=O) groups excluding carboxylic acids is 2. The van der Waals surface area contributed by atoms with Crippen LogP contribution in [0.3, 0.4) is 0 Å². The van der Waals surface area contributed by atoms with Gasteiger partial charge in [-0.15, -0.1) is 0 Å². The fraction of sp³-hybridized carbons (Fsp3) is 0.364. The van der Waals surface area contributed by atoms with Crippen LogP contribution in [0, 0.1) is 5.92 Å². The predicted molar refractivity (Wildman–Crippen MR) is 109 cm³/mol. The van der Waals surface area contributed by atoms with Crippen molar-refractivity contribution >= 4 is 21.3 Å². The molecular formula is C22H28O3Si. The van der Waals surface area contributed by atoms with E-state index in [4.69, 9.17) is 4.43 Å². The summed E-state index contributed by atoms with van der Waals surface area (Å²) in [7, 11) is -0.730. The van der Waals surface area contributed by atoms with E-state index >= 15 is 0 Å². The third-order valence-corrected chi connectivity index (χ3v) is 5.99. The first kappa shape index (κ1) is 20.3. The Labute approximate surface area is 158 Å². The predicted octanol–water partition coefficient (Wildman–Crippen LogP) is 4.44. The molecule has 0 aliphatic carbocycles. The van der Waals surface area contributed by atoms with Crippen LogP contribution in [0.1, 0.15) is 59.9 Å². The molecule has 3 nitrogen and oxygen atoms in total. The highest BCUT2D eigenvalue weighted by atomic mass is 28.2.